The molecule has 3 heteroatoms. The minimum atomic E-state index is -0.235. The summed E-state index contributed by atoms with van der Waals surface area (Å²) in [6.07, 6.45) is 5.06. The smallest absolute Gasteiger partial charge is 0.123 e. The summed E-state index contributed by atoms with van der Waals surface area (Å²) in [5.74, 6) is 2.22. The quantitative estimate of drug-likeness (QED) is 0.633. The molecule has 68 valence electrons. The standard InChI is InChI=1S/C10H9BrFN/c1-2-5-13-7-8-6-9(12)3-4-10(8)11/h1,3-4,6,13H,5,7H2. The molecule has 1 aromatic carbocycles. The molecule has 1 N–H and O–H groups in total. The van der Waals surface area contributed by atoms with Gasteiger partial charge >= 0.3 is 0 Å². The number of rotatable bonds is 3. The van der Waals surface area contributed by atoms with E-state index in [9.17, 15) is 4.39 Å². The summed E-state index contributed by atoms with van der Waals surface area (Å²) in [5.41, 5.74) is 0.871. The van der Waals surface area contributed by atoms with Crippen molar-refractivity contribution in [2.24, 2.45) is 0 Å². The van der Waals surface area contributed by atoms with Crippen LogP contribution in [0.1, 0.15) is 5.56 Å². The molecule has 13 heavy (non-hydrogen) atoms. The summed E-state index contributed by atoms with van der Waals surface area (Å²) >= 11 is 3.32. The van der Waals surface area contributed by atoms with Crippen molar-refractivity contribution >= 4 is 15.9 Å². The second-order valence-electron chi connectivity index (χ2n) is 2.54. The number of hydrogen-bond acceptors (Lipinski definition) is 1. The molecule has 0 atom stereocenters. The number of hydrogen-bond donors (Lipinski definition) is 1. The minimum absolute atomic E-state index is 0.235. The van der Waals surface area contributed by atoms with Crippen LogP contribution in [0.4, 0.5) is 4.39 Å². The lowest BCUT2D eigenvalue weighted by Gasteiger charge is -2.04. The Morgan fingerprint density at radius 2 is 2.31 bits per heavy atom. The number of halogens is 2. The van der Waals surface area contributed by atoms with E-state index in [1.54, 1.807) is 6.07 Å². The number of benzene rings is 1. The van der Waals surface area contributed by atoms with Gasteiger partial charge in [0.2, 0.25) is 0 Å². The van der Waals surface area contributed by atoms with Crippen LogP contribution in [0.25, 0.3) is 0 Å². The molecule has 0 spiro atoms. The number of terminal acetylenes is 1. The molecule has 0 radical (unpaired) electrons. The van der Waals surface area contributed by atoms with Gasteiger partial charge in [-0.25, -0.2) is 4.39 Å². The maximum atomic E-state index is 12.8. The van der Waals surface area contributed by atoms with Crippen LogP contribution in [0.15, 0.2) is 22.7 Å². The van der Waals surface area contributed by atoms with Crippen molar-refractivity contribution in [1.29, 1.82) is 0 Å². The van der Waals surface area contributed by atoms with Crippen molar-refractivity contribution in [3.05, 3.63) is 34.1 Å². The van der Waals surface area contributed by atoms with Crippen LogP contribution in [-0.4, -0.2) is 6.54 Å². The van der Waals surface area contributed by atoms with E-state index in [0.29, 0.717) is 13.1 Å². The third-order valence-corrected chi connectivity index (χ3v) is 2.32. The Balaban J connectivity index is 2.65. The molecule has 1 rings (SSSR count). The summed E-state index contributed by atoms with van der Waals surface area (Å²) in [6, 6.07) is 4.57. The molecule has 1 nitrogen and oxygen atoms in total. The van der Waals surface area contributed by atoms with Gasteiger partial charge < -0.3 is 5.32 Å². The summed E-state index contributed by atoms with van der Waals surface area (Å²) in [4.78, 5) is 0. The lowest BCUT2D eigenvalue weighted by Crippen LogP contribution is -2.13. The van der Waals surface area contributed by atoms with Crippen LogP contribution in [0.3, 0.4) is 0 Å². The van der Waals surface area contributed by atoms with Crippen molar-refractivity contribution in [2.45, 2.75) is 6.54 Å². The summed E-state index contributed by atoms with van der Waals surface area (Å²) < 4.78 is 13.7. The normalized spacial score (nSPS) is 9.62. The van der Waals surface area contributed by atoms with Gasteiger partial charge in [0.15, 0.2) is 0 Å². The van der Waals surface area contributed by atoms with Gasteiger partial charge in [0, 0.05) is 11.0 Å². The average Bonchev–Trinajstić information content (AvgIpc) is 2.11. The van der Waals surface area contributed by atoms with Crippen molar-refractivity contribution in [3.63, 3.8) is 0 Å². The molecule has 0 aliphatic rings. The van der Waals surface area contributed by atoms with Gasteiger partial charge in [-0.05, 0) is 23.8 Å². The van der Waals surface area contributed by atoms with Gasteiger partial charge in [-0.1, -0.05) is 21.9 Å². The highest BCUT2D eigenvalue weighted by molar-refractivity contribution is 9.10. The van der Waals surface area contributed by atoms with Gasteiger partial charge in [0.1, 0.15) is 5.82 Å². The second-order valence-corrected chi connectivity index (χ2v) is 3.40. The Hall–Kier alpha value is -0.850. The van der Waals surface area contributed by atoms with Crippen LogP contribution < -0.4 is 5.32 Å². The largest absolute Gasteiger partial charge is 0.302 e. The van der Waals surface area contributed by atoms with E-state index in [2.05, 4.69) is 27.2 Å². The fourth-order valence-corrected chi connectivity index (χ4v) is 1.33. The molecule has 1 aromatic rings. The molecule has 0 saturated heterocycles. The van der Waals surface area contributed by atoms with Crippen molar-refractivity contribution in [1.82, 2.24) is 5.32 Å². The fourth-order valence-electron chi connectivity index (χ4n) is 0.948. The molecule has 0 heterocycles. The molecule has 0 saturated carbocycles. The van der Waals surface area contributed by atoms with Crippen molar-refractivity contribution in [3.8, 4) is 12.3 Å². The zero-order valence-electron chi connectivity index (χ0n) is 6.98. The molecule has 0 aliphatic heterocycles. The van der Waals surface area contributed by atoms with Crippen LogP contribution in [0.2, 0.25) is 0 Å². The molecule has 0 aromatic heterocycles. The Labute approximate surface area is 85.5 Å². The Morgan fingerprint density at radius 1 is 1.54 bits per heavy atom. The molecule has 0 aliphatic carbocycles. The molecular formula is C10H9BrFN. The third-order valence-electron chi connectivity index (χ3n) is 1.55. The Morgan fingerprint density at radius 3 is 3.00 bits per heavy atom. The lowest BCUT2D eigenvalue weighted by molar-refractivity contribution is 0.622. The van der Waals surface area contributed by atoms with E-state index in [1.807, 2.05) is 0 Å². The van der Waals surface area contributed by atoms with Crippen LogP contribution in [0, 0.1) is 18.2 Å². The van der Waals surface area contributed by atoms with E-state index in [-0.39, 0.29) is 5.82 Å². The van der Waals surface area contributed by atoms with Gasteiger partial charge in [-0.2, -0.15) is 0 Å². The SMILES string of the molecule is C#CCNCc1cc(F)ccc1Br. The summed E-state index contributed by atoms with van der Waals surface area (Å²) in [7, 11) is 0. The van der Waals surface area contributed by atoms with E-state index in [4.69, 9.17) is 6.42 Å². The highest BCUT2D eigenvalue weighted by atomic mass is 79.9. The zero-order valence-corrected chi connectivity index (χ0v) is 8.57. The molecule has 0 fully saturated rings. The lowest BCUT2D eigenvalue weighted by atomic mass is 10.2. The maximum Gasteiger partial charge on any atom is 0.123 e. The zero-order chi connectivity index (χ0) is 9.68. The minimum Gasteiger partial charge on any atom is -0.302 e. The van der Waals surface area contributed by atoms with Crippen LogP contribution >= 0.6 is 15.9 Å². The first-order valence-corrected chi connectivity index (χ1v) is 4.61. The van der Waals surface area contributed by atoms with E-state index >= 15 is 0 Å². The van der Waals surface area contributed by atoms with Gasteiger partial charge in [0.05, 0.1) is 6.54 Å². The first-order chi connectivity index (χ1) is 6.24. The van der Waals surface area contributed by atoms with Gasteiger partial charge in [-0.3, -0.25) is 0 Å². The van der Waals surface area contributed by atoms with Gasteiger partial charge in [-0.15, -0.1) is 6.42 Å². The third kappa shape index (κ3) is 3.17. The summed E-state index contributed by atoms with van der Waals surface area (Å²) in [5, 5.41) is 2.99. The number of nitrogens with one attached hydrogen (secondary N) is 1. The first-order valence-electron chi connectivity index (χ1n) is 3.82. The van der Waals surface area contributed by atoms with Gasteiger partial charge in [0.25, 0.3) is 0 Å². The molecule has 0 unspecified atom stereocenters. The molecule has 0 amide bonds. The van der Waals surface area contributed by atoms with E-state index < -0.39 is 0 Å². The first kappa shape index (κ1) is 10.2. The highest BCUT2D eigenvalue weighted by Gasteiger charge is 2.00. The fraction of sp³-hybridized carbons (Fsp3) is 0.200. The summed E-state index contributed by atoms with van der Waals surface area (Å²) in [6.45, 7) is 1.06. The second kappa shape index (κ2) is 5.00. The maximum absolute atomic E-state index is 12.8. The monoisotopic (exact) mass is 241 g/mol. The topological polar surface area (TPSA) is 12.0 Å². The van der Waals surface area contributed by atoms with E-state index in [0.717, 1.165) is 10.0 Å². The van der Waals surface area contributed by atoms with Crippen molar-refractivity contribution < 1.29 is 4.39 Å². The van der Waals surface area contributed by atoms with Crippen LogP contribution in [0.5, 0.6) is 0 Å². The Kier molecular flexibility index (Phi) is 3.94. The average molecular weight is 242 g/mol. The van der Waals surface area contributed by atoms with Crippen LogP contribution in [-0.2, 0) is 6.54 Å². The highest BCUT2D eigenvalue weighted by Crippen LogP contribution is 2.17. The van der Waals surface area contributed by atoms with Crippen molar-refractivity contribution in [2.75, 3.05) is 6.54 Å². The molecular weight excluding hydrogens is 233 g/mol. The predicted molar refractivity (Wildman–Crippen MR) is 54.6 cm³/mol. The molecule has 0 bridgehead atoms. The predicted octanol–water partition coefficient (Wildman–Crippen LogP) is 2.31. The Bertz CT molecular complexity index is 330. The van der Waals surface area contributed by atoms with E-state index in [1.165, 1.54) is 12.1 Å².